The van der Waals surface area contributed by atoms with Crippen LogP contribution in [-0.4, -0.2) is 45.2 Å². The van der Waals surface area contributed by atoms with Gasteiger partial charge in [-0.3, -0.25) is 14.7 Å². The van der Waals surface area contributed by atoms with Gasteiger partial charge in [0.25, 0.3) is 5.91 Å². The fraction of sp³-hybridized carbons (Fsp3) is 0.312. The number of H-pyrrole nitrogens is 1. The van der Waals surface area contributed by atoms with E-state index in [2.05, 4.69) is 10.2 Å². The summed E-state index contributed by atoms with van der Waals surface area (Å²) in [6.07, 6.45) is 1.46. The number of hydrogen-bond donors (Lipinski definition) is 2. The van der Waals surface area contributed by atoms with Crippen LogP contribution in [0.3, 0.4) is 0 Å². The van der Waals surface area contributed by atoms with Crippen molar-refractivity contribution in [1.29, 1.82) is 0 Å². The molecule has 120 valence electrons. The van der Waals surface area contributed by atoms with Crippen LogP contribution in [0.4, 0.5) is 0 Å². The number of aromatic nitrogens is 2. The van der Waals surface area contributed by atoms with Crippen molar-refractivity contribution in [3.8, 4) is 11.3 Å². The predicted octanol–water partition coefficient (Wildman–Crippen LogP) is 2.52. The third kappa shape index (κ3) is 2.82. The van der Waals surface area contributed by atoms with E-state index < -0.39 is 11.9 Å². The second kappa shape index (κ2) is 6.04. The molecule has 6 nitrogen and oxygen atoms in total. The summed E-state index contributed by atoms with van der Waals surface area (Å²) in [5.74, 6) is -1.71. The van der Waals surface area contributed by atoms with E-state index in [1.165, 1.54) is 6.20 Å². The normalized spacial score (nSPS) is 20.7. The fourth-order valence-corrected chi connectivity index (χ4v) is 3.17. The molecule has 2 heterocycles. The maximum atomic E-state index is 12.8. The SMILES string of the molecule is C[C@@H]1CN(C(=O)c2cn[nH]c2-c2ccccc2Cl)C[C@H]1C(=O)O. The summed E-state index contributed by atoms with van der Waals surface area (Å²) in [5.41, 5.74) is 1.64. The minimum atomic E-state index is -0.869. The van der Waals surface area contributed by atoms with Crippen molar-refractivity contribution < 1.29 is 14.7 Å². The molecular formula is C16H16ClN3O3. The zero-order chi connectivity index (χ0) is 16.6. The van der Waals surface area contributed by atoms with Gasteiger partial charge in [0, 0.05) is 23.7 Å². The lowest BCUT2D eigenvalue weighted by Gasteiger charge is -2.16. The zero-order valence-electron chi connectivity index (χ0n) is 12.5. The molecule has 2 atom stereocenters. The minimum Gasteiger partial charge on any atom is -0.481 e. The van der Waals surface area contributed by atoms with E-state index in [9.17, 15) is 14.7 Å². The van der Waals surface area contributed by atoms with Gasteiger partial charge in [-0.1, -0.05) is 36.7 Å². The first-order chi connectivity index (χ1) is 11.0. The topological polar surface area (TPSA) is 86.3 Å². The fourth-order valence-electron chi connectivity index (χ4n) is 2.94. The van der Waals surface area contributed by atoms with Crippen molar-refractivity contribution >= 4 is 23.5 Å². The molecule has 1 aromatic heterocycles. The van der Waals surface area contributed by atoms with E-state index in [1.54, 1.807) is 17.0 Å². The molecule has 1 aliphatic rings. The first-order valence-electron chi connectivity index (χ1n) is 7.29. The van der Waals surface area contributed by atoms with Crippen LogP contribution in [0.15, 0.2) is 30.5 Å². The van der Waals surface area contributed by atoms with Crippen molar-refractivity contribution in [2.45, 2.75) is 6.92 Å². The van der Waals surface area contributed by atoms with Gasteiger partial charge in [-0.05, 0) is 12.0 Å². The Morgan fingerprint density at radius 3 is 2.74 bits per heavy atom. The van der Waals surface area contributed by atoms with E-state index in [0.717, 1.165) is 0 Å². The maximum Gasteiger partial charge on any atom is 0.308 e. The molecule has 3 rings (SSSR count). The summed E-state index contributed by atoms with van der Waals surface area (Å²) in [7, 11) is 0. The molecule has 1 aliphatic heterocycles. The Labute approximate surface area is 138 Å². The average molecular weight is 334 g/mol. The number of aliphatic carboxylic acids is 1. The van der Waals surface area contributed by atoms with Gasteiger partial charge in [0.05, 0.1) is 23.4 Å². The van der Waals surface area contributed by atoms with E-state index in [1.807, 2.05) is 19.1 Å². The second-order valence-corrected chi connectivity index (χ2v) is 6.18. The van der Waals surface area contributed by atoms with Crippen molar-refractivity contribution in [2.24, 2.45) is 11.8 Å². The molecule has 1 amide bonds. The van der Waals surface area contributed by atoms with E-state index in [4.69, 9.17) is 11.6 Å². The highest BCUT2D eigenvalue weighted by molar-refractivity contribution is 6.33. The van der Waals surface area contributed by atoms with Gasteiger partial charge in [-0.15, -0.1) is 0 Å². The van der Waals surface area contributed by atoms with Gasteiger partial charge in [0.1, 0.15) is 0 Å². The molecule has 23 heavy (non-hydrogen) atoms. The van der Waals surface area contributed by atoms with Crippen molar-refractivity contribution in [3.63, 3.8) is 0 Å². The number of aromatic amines is 1. The number of hydrogen-bond acceptors (Lipinski definition) is 3. The summed E-state index contributed by atoms with van der Waals surface area (Å²) in [6.45, 7) is 2.47. The van der Waals surface area contributed by atoms with Crippen molar-refractivity contribution in [2.75, 3.05) is 13.1 Å². The molecule has 0 unspecified atom stereocenters. The van der Waals surface area contributed by atoms with E-state index >= 15 is 0 Å². The molecule has 0 aliphatic carbocycles. The maximum absolute atomic E-state index is 12.8. The van der Waals surface area contributed by atoms with Gasteiger partial charge in [-0.25, -0.2) is 0 Å². The van der Waals surface area contributed by atoms with Crippen molar-refractivity contribution in [3.05, 3.63) is 41.0 Å². The lowest BCUT2D eigenvalue weighted by atomic mass is 9.99. The van der Waals surface area contributed by atoms with Crippen LogP contribution in [0.2, 0.25) is 5.02 Å². The summed E-state index contributed by atoms with van der Waals surface area (Å²) in [5, 5.41) is 16.5. The van der Waals surface area contributed by atoms with Gasteiger partial charge < -0.3 is 10.0 Å². The number of carbonyl (C=O) groups excluding carboxylic acids is 1. The zero-order valence-corrected chi connectivity index (χ0v) is 13.2. The Bertz CT molecular complexity index is 759. The number of carboxylic acids is 1. The van der Waals surface area contributed by atoms with E-state index in [-0.39, 0.29) is 18.4 Å². The van der Waals surface area contributed by atoms with Gasteiger partial charge >= 0.3 is 5.97 Å². The van der Waals surface area contributed by atoms with Crippen LogP contribution in [0.5, 0.6) is 0 Å². The Morgan fingerprint density at radius 2 is 2.09 bits per heavy atom. The summed E-state index contributed by atoms with van der Waals surface area (Å²) in [4.78, 5) is 25.5. The van der Waals surface area contributed by atoms with Gasteiger partial charge in [-0.2, -0.15) is 5.10 Å². The molecule has 0 saturated carbocycles. The summed E-state index contributed by atoms with van der Waals surface area (Å²) < 4.78 is 0. The first kappa shape index (κ1) is 15.6. The second-order valence-electron chi connectivity index (χ2n) is 5.77. The van der Waals surface area contributed by atoms with Crippen molar-refractivity contribution in [1.82, 2.24) is 15.1 Å². The van der Waals surface area contributed by atoms with Crippen LogP contribution in [-0.2, 0) is 4.79 Å². The van der Waals surface area contributed by atoms with Gasteiger partial charge in [0.15, 0.2) is 0 Å². The van der Waals surface area contributed by atoms with Crippen LogP contribution >= 0.6 is 11.6 Å². The molecule has 7 heteroatoms. The predicted molar refractivity (Wildman–Crippen MR) is 85.2 cm³/mol. The van der Waals surface area contributed by atoms with Gasteiger partial charge in [0.2, 0.25) is 0 Å². The Hall–Kier alpha value is -2.34. The number of nitrogens with one attached hydrogen (secondary N) is 1. The molecule has 0 spiro atoms. The van der Waals surface area contributed by atoms with Crippen LogP contribution < -0.4 is 0 Å². The Morgan fingerprint density at radius 1 is 1.35 bits per heavy atom. The molecule has 0 radical (unpaired) electrons. The number of carboxylic acid groups (broad SMARTS) is 1. The third-order valence-electron chi connectivity index (χ3n) is 4.23. The molecular weight excluding hydrogens is 318 g/mol. The lowest BCUT2D eigenvalue weighted by molar-refractivity contribution is -0.142. The molecule has 1 saturated heterocycles. The lowest BCUT2D eigenvalue weighted by Crippen LogP contribution is -2.30. The van der Waals surface area contributed by atoms with Crippen LogP contribution in [0.25, 0.3) is 11.3 Å². The quantitative estimate of drug-likeness (QED) is 0.903. The smallest absolute Gasteiger partial charge is 0.308 e. The van der Waals surface area contributed by atoms with Crippen LogP contribution in [0.1, 0.15) is 17.3 Å². The van der Waals surface area contributed by atoms with Crippen LogP contribution in [0, 0.1) is 11.8 Å². The monoisotopic (exact) mass is 333 g/mol. The number of likely N-dealkylation sites (tertiary alicyclic amines) is 1. The Kier molecular flexibility index (Phi) is 4.09. The average Bonchev–Trinajstić information content (AvgIpc) is 3.13. The number of nitrogens with zero attached hydrogens (tertiary/aromatic N) is 2. The minimum absolute atomic E-state index is 0.0767. The molecule has 1 aromatic carbocycles. The standard InChI is InChI=1S/C16H16ClN3O3/c1-9-7-20(8-12(9)16(22)23)15(21)11-6-18-19-14(11)10-4-2-3-5-13(10)17/h2-6,9,12H,7-8H2,1H3,(H,18,19)(H,22,23)/t9-,12-/m1/s1. The number of rotatable bonds is 3. The molecule has 1 fully saturated rings. The van der Waals surface area contributed by atoms with E-state index in [0.29, 0.717) is 28.4 Å². The Balaban J connectivity index is 1.90. The number of carbonyl (C=O) groups is 2. The highest BCUT2D eigenvalue weighted by Crippen LogP contribution is 2.31. The highest BCUT2D eigenvalue weighted by Gasteiger charge is 2.38. The number of amides is 1. The number of benzene rings is 1. The highest BCUT2D eigenvalue weighted by atomic mass is 35.5. The molecule has 2 aromatic rings. The molecule has 2 N–H and O–H groups in total. The largest absolute Gasteiger partial charge is 0.481 e. The third-order valence-corrected chi connectivity index (χ3v) is 4.56. The summed E-state index contributed by atoms with van der Waals surface area (Å²) in [6, 6.07) is 7.18. The number of halogens is 1. The summed E-state index contributed by atoms with van der Waals surface area (Å²) >= 11 is 6.19. The molecule has 0 bridgehead atoms. The first-order valence-corrected chi connectivity index (χ1v) is 7.67.